The number of benzene rings is 6. The number of aromatic nitrogens is 2. The largest absolute Gasteiger partial charge is 0.457 e. The van der Waals surface area contributed by atoms with Crippen LogP contribution < -0.4 is 14.5 Å². The molecule has 1 aliphatic heterocycles. The average Bonchev–Trinajstić information content (AvgIpc) is 3.81. The second kappa shape index (κ2) is 15.7. The predicted octanol–water partition coefficient (Wildman–Crippen LogP) is 15.9. The second-order valence-electron chi connectivity index (χ2n) is 21.8. The molecule has 0 amide bonds. The van der Waals surface area contributed by atoms with Gasteiger partial charge in [-0.25, -0.2) is 4.98 Å². The fourth-order valence-electron chi connectivity index (χ4n) is 9.06. The highest BCUT2D eigenvalue weighted by molar-refractivity contribution is 6.16. The van der Waals surface area contributed by atoms with Crippen LogP contribution in [0.2, 0.25) is 0 Å². The van der Waals surface area contributed by atoms with Gasteiger partial charge in [0.2, 0.25) is 0 Å². The Morgan fingerprint density at radius 3 is 1.83 bits per heavy atom. The van der Waals surface area contributed by atoms with Crippen LogP contribution in [0.15, 0.2) is 140 Å². The molecule has 9 rings (SSSR count). The lowest BCUT2D eigenvalue weighted by molar-refractivity contribution is 0.483. The van der Waals surface area contributed by atoms with E-state index in [9.17, 15) is 5.26 Å². The second-order valence-corrected chi connectivity index (χ2v) is 21.8. The van der Waals surface area contributed by atoms with Crippen molar-refractivity contribution in [2.24, 2.45) is 0 Å². The Hall–Kier alpha value is -6.84. The molecular formula is C59H61N5O. The lowest BCUT2D eigenvalue weighted by atomic mass is 9.80. The molecule has 0 atom stereocenters. The van der Waals surface area contributed by atoms with Crippen molar-refractivity contribution in [3.63, 3.8) is 0 Å². The van der Waals surface area contributed by atoms with Gasteiger partial charge < -0.3 is 14.5 Å². The van der Waals surface area contributed by atoms with E-state index >= 15 is 0 Å². The number of nitrogens with zero attached hydrogens (tertiary/aromatic N) is 5. The molecular weight excluding hydrogens is 795 g/mol. The molecule has 65 heavy (non-hydrogen) atoms. The third-order valence-electron chi connectivity index (χ3n) is 13.0. The first kappa shape index (κ1) is 43.4. The maximum Gasteiger partial charge on any atom is 0.137 e. The summed E-state index contributed by atoms with van der Waals surface area (Å²) in [7, 11) is 0. The van der Waals surface area contributed by atoms with Gasteiger partial charge in [0, 0.05) is 46.0 Å². The molecule has 1 aliphatic rings. The van der Waals surface area contributed by atoms with Crippen molar-refractivity contribution in [3.05, 3.63) is 167 Å². The zero-order chi connectivity index (χ0) is 46.2. The third-order valence-corrected chi connectivity index (χ3v) is 13.0. The average molecular weight is 856 g/mol. The lowest BCUT2D eigenvalue weighted by Crippen LogP contribution is -2.25. The van der Waals surface area contributed by atoms with Crippen LogP contribution in [0.5, 0.6) is 11.5 Å². The van der Waals surface area contributed by atoms with Crippen molar-refractivity contribution >= 4 is 44.6 Å². The zero-order valence-electron chi connectivity index (χ0n) is 40.1. The van der Waals surface area contributed by atoms with Crippen molar-refractivity contribution in [2.45, 2.75) is 105 Å². The standard InChI is InChI=1S/C59H61N5O/c1-56(2,3)39-23-26-50-53(32-39)62(37-63(50)44-30-41(58(7,8)9)29-42(31-44)59(10,11)12)43-18-15-19-45(34-43)65-46-24-25-49-52(35-46)64(54-33-40(27-28-61-54)57(4,5)6)51-22-16-21-48(55(49)51)47-20-14-13-17-38(47)36-60/h13-35H,37H2,1-12H3. The number of anilines is 4. The lowest BCUT2D eigenvalue weighted by Gasteiger charge is -2.29. The highest BCUT2D eigenvalue weighted by Crippen LogP contribution is 2.48. The van der Waals surface area contributed by atoms with E-state index in [0.29, 0.717) is 12.2 Å². The van der Waals surface area contributed by atoms with E-state index in [1.807, 2.05) is 36.5 Å². The minimum atomic E-state index is -0.0698. The van der Waals surface area contributed by atoms with Gasteiger partial charge in [-0.1, -0.05) is 132 Å². The molecule has 6 nitrogen and oxygen atoms in total. The molecule has 0 aliphatic carbocycles. The van der Waals surface area contributed by atoms with Crippen LogP contribution >= 0.6 is 0 Å². The minimum Gasteiger partial charge on any atom is -0.457 e. The van der Waals surface area contributed by atoms with Crippen LogP contribution in [0.4, 0.5) is 22.7 Å². The number of ether oxygens (including phenoxy) is 1. The summed E-state index contributed by atoms with van der Waals surface area (Å²) >= 11 is 0. The van der Waals surface area contributed by atoms with Gasteiger partial charge in [-0.3, -0.25) is 4.57 Å². The molecule has 0 unspecified atom stereocenters. The van der Waals surface area contributed by atoms with Crippen LogP contribution in [0, 0.1) is 11.3 Å². The maximum atomic E-state index is 10.2. The van der Waals surface area contributed by atoms with Crippen molar-refractivity contribution in [1.82, 2.24) is 9.55 Å². The van der Waals surface area contributed by atoms with E-state index in [4.69, 9.17) is 9.72 Å². The number of pyridine rings is 1. The molecule has 0 bridgehead atoms. The van der Waals surface area contributed by atoms with E-state index in [-0.39, 0.29) is 21.7 Å². The van der Waals surface area contributed by atoms with Gasteiger partial charge in [0.25, 0.3) is 0 Å². The fraction of sp³-hybridized carbons (Fsp3) is 0.288. The summed E-state index contributed by atoms with van der Waals surface area (Å²) in [6.07, 6.45) is 1.90. The van der Waals surface area contributed by atoms with E-state index in [1.165, 1.54) is 39.3 Å². The van der Waals surface area contributed by atoms with Gasteiger partial charge in [-0.05, 0) is 122 Å². The first-order chi connectivity index (χ1) is 30.7. The Balaban J connectivity index is 1.15. The van der Waals surface area contributed by atoms with Crippen LogP contribution in [0.25, 0.3) is 38.8 Å². The van der Waals surface area contributed by atoms with E-state index in [2.05, 4.69) is 207 Å². The summed E-state index contributed by atoms with van der Waals surface area (Å²) in [5, 5.41) is 12.3. The van der Waals surface area contributed by atoms with Gasteiger partial charge >= 0.3 is 0 Å². The minimum absolute atomic E-state index is 0.00449. The van der Waals surface area contributed by atoms with E-state index in [0.717, 1.165) is 55.9 Å². The van der Waals surface area contributed by atoms with Crippen LogP contribution in [-0.4, -0.2) is 16.2 Å². The molecule has 3 heterocycles. The number of rotatable bonds is 6. The van der Waals surface area contributed by atoms with Gasteiger partial charge in [0.15, 0.2) is 0 Å². The quantitative estimate of drug-likeness (QED) is 0.167. The summed E-state index contributed by atoms with van der Waals surface area (Å²) in [6.45, 7) is 28.0. The van der Waals surface area contributed by atoms with Crippen LogP contribution in [-0.2, 0) is 21.7 Å². The first-order valence-electron chi connectivity index (χ1n) is 22.9. The van der Waals surface area contributed by atoms with Gasteiger partial charge in [-0.15, -0.1) is 0 Å². The Morgan fingerprint density at radius 1 is 0.508 bits per heavy atom. The molecule has 328 valence electrons. The predicted molar refractivity (Wildman–Crippen MR) is 272 cm³/mol. The first-order valence-corrected chi connectivity index (χ1v) is 22.9. The summed E-state index contributed by atoms with van der Waals surface area (Å²) < 4.78 is 9.11. The molecule has 0 saturated carbocycles. The van der Waals surface area contributed by atoms with Gasteiger partial charge in [0.05, 0.1) is 34.0 Å². The molecule has 6 aromatic carbocycles. The maximum absolute atomic E-state index is 10.2. The molecule has 2 aromatic heterocycles. The Bertz CT molecular complexity index is 3140. The summed E-state index contributed by atoms with van der Waals surface area (Å²) in [6, 6.07) is 49.8. The monoisotopic (exact) mass is 855 g/mol. The highest BCUT2D eigenvalue weighted by atomic mass is 16.5. The van der Waals surface area contributed by atoms with E-state index in [1.54, 1.807) is 0 Å². The van der Waals surface area contributed by atoms with Gasteiger partial charge in [-0.2, -0.15) is 5.26 Å². The molecule has 8 aromatic rings. The number of hydrogen-bond donors (Lipinski definition) is 0. The normalized spacial score (nSPS) is 13.4. The van der Waals surface area contributed by atoms with Crippen molar-refractivity contribution in [2.75, 3.05) is 16.5 Å². The third kappa shape index (κ3) is 8.14. The molecule has 0 radical (unpaired) electrons. The van der Waals surface area contributed by atoms with Crippen molar-refractivity contribution in [3.8, 4) is 34.5 Å². The Morgan fingerprint density at radius 2 is 1.14 bits per heavy atom. The summed E-state index contributed by atoms with van der Waals surface area (Å²) in [5.74, 6) is 2.30. The molecule has 0 fully saturated rings. The Kier molecular flexibility index (Phi) is 10.5. The zero-order valence-corrected chi connectivity index (χ0v) is 40.1. The smallest absolute Gasteiger partial charge is 0.137 e. The number of nitriles is 1. The molecule has 0 spiro atoms. The van der Waals surface area contributed by atoms with Gasteiger partial charge in [0.1, 0.15) is 24.0 Å². The Labute approximate surface area is 385 Å². The number of hydrogen-bond acceptors (Lipinski definition) is 5. The summed E-state index contributed by atoms with van der Waals surface area (Å²) in [4.78, 5) is 9.86. The number of fused-ring (bicyclic) bond motifs is 4. The van der Waals surface area contributed by atoms with Crippen LogP contribution in [0.1, 0.15) is 111 Å². The summed E-state index contributed by atoms with van der Waals surface area (Å²) in [5.41, 5.74) is 14.2. The fourth-order valence-corrected chi connectivity index (χ4v) is 9.06. The van der Waals surface area contributed by atoms with E-state index < -0.39 is 0 Å². The SMILES string of the molecule is CC(C)(C)c1cc(N2CN(c3cccc(Oc4ccc5c6c(-c7ccccc7C#N)cccc6n(-c6cc(C(C)(C)C)ccn6)c5c4)c3)c3cc(C(C)(C)C)ccc32)cc(C(C)(C)C)c1. The molecule has 0 saturated heterocycles. The van der Waals surface area contributed by atoms with Crippen molar-refractivity contribution in [1.29, 1.82) is 5.26 Å². The molecule has 6 heteroatoms. The topological polar surface area (TPSA) is 57.3 Å². The van der Waals surface area contributed by atoms with Crippen molar-refractivity contribution < 1.29 is 4.74 Å². The highest BCUT2D eigenvalue weighted by Gasteiger charge is 2.32. The van der Waals surface area contributed by atoms with Crippen LogP contribution in [0.3, 0.4) is 0 Å². The molecule has 0 N–H and O–H groups in total.